The average molecular weight is 331 g/mol. The number of ether oxygens (including phenoxy) is 2. The number of para-hydroxylation sites is 1. The van der Waals surface area contributed by atoms with Crippen molar-refractivity contribution in [1.29, 1.82) is 0 Å². The van der Waals surface area contributed by atoms with E-state index in [1.54, 1.807) is 0 Å². The van der Waals surface area contributed by atoms with Gasteiger partial charge in [0, 0.05) is 0 Å². The summed E-state index contributed by atoms with van der Waals surface area (Å²) in [6.45, 7) is 5.85. The third-order valence-electron chi connectivity index (χ3n) is 3.12. The van der Waals surface area contributed by atoms with Gasteiger partial charge in [0.25, 0.3) is 0 Å². The van der Waals surface area contributed by atoms with Crippen LogP contribution < -0.4 is 16.2 Å². The molecule has 8 nitrogen and oxygen atoms in total. The van der Waals surface area contributed by atoms with E-state index in [4.69, 9.17) is 20.9 Å². The maximum atomic E-state index is 11.8. The van der Waals surface area contributed by atoms with Gasteiger partial charge in [0.2, 0.25) is 11.9 Å². The number of nitrogens with two attached hydrogens (primary N) is 2. The number of carbonyl (C=O) groups is 1. The Hall–Kier alpha value is -2.90. The van der Waals surface area contributed by atoms with Crippen molar-refractivity contribution in [2.45, 2.75) is 32.8 Å². The van der Waals surface area contributed by atoms with Crippen LogP contribution in [0.2, 0.25) is 0 Å². The fourth-order valence-electron chi connectivity index (χ4n) is 2.06. The largest absolute Gasteiger partial charge is 0.482 e. The summed E-state index contributed by atoms with van der Waals surface area (Å²) in [4.78, 5) is 23.1. The molecular formula is C16H21N5O3. The van der Waals surface area contributed by atoms with Gasteiger partial charge < -0.3 is 20.9 Å². The predicted octanol–water partition coefficient (Wildman–Crippen LogP) is 1.46. The van der Waals surface area contributed by atoms with Crippen molar-refractivity contribution >= 4 is 17.9 Å². The van der Waals surface area contributed by atoms with Crippen molar-refractivity contribution in [2.24, 2.45) is 0 Å². The summed E-state index contributed by atoms with van der Waals surface area (Å²) >= 11 is 0. The zero-order valence-electron chi connectivity index (χ0n) is 13.9. The van der Waals surface area contributed by atoms with Crippen LogP contribution in [0.1, 0.15) is 32.2 Å². The molecule has 4 N–H and O–H groups in total. The summed E-state index contributed by atoms with van der Waals surface area (Å²) in [5.74, 6) is 0.239. The molecule has 0 aliphatic carbocycles. The SMILES string of the molecule is CC(C)(C)c1ccccc1OCC(=O)OCc1nc(N)nc(N)n1. The first-order valence-electron chi connectivity index (χ1n) is 7.39. The van der Waals surface area contributed by atoms with Crippen LogP contribution in [0.4, 0.5) is 11.9 Å². The highest BCUT2D eigenvalue weighted by atomic mass is 16.6. The zero-order valence-corrected chi connectivity index (χ0v) is 13.9. The number of benzene rings is 1. The summed E-state index contributed by atoms with van der Waals surface area (Å²) in [5.41, 5.74) is 11.8. The van der Waals surface area contributed by atoms with Crippen LogP contribution in [-0.4, -0.2) is 27.5 Å². The van der Waals surface area contributed by atoms with Crippen LogP contribution in [0.3, 0.4) is 0 Å². The number of hydrogen-bond donors (Lipinski definition) is 2. The van der Waals surface area contributed by atoms with E-state index in [2.05, 4.69) is 35.7 Å². The van der Waals surface area contributed by atoms with Gasteiger partial charge in [0.1, 0.15) is 5.75 Å². The number of nitrogens with zero attached hydrogens (tertiary/aromatic N) is 3. The molecule has 1 aromatic carbocycles. The number of anilines is 2. The van der Waals surface area contributed by atoms with E-state index < -0.39 is 5.97 Å². The first-order chi connectivity index (χ1) is 11.3. The number of aromatic nitrogens is 3. The second-order valence-electron chi connectivity index (χ2n) is 6.16. The molecule has 0 spiro atoms. The van der Waals surface area contributed by atoms with E-state index in [1.807, 2.05) is 24.3 Å². The molecule has 0 amide bonds. The molecule has 2 aromatic rings. The fraction of sp³-hybridized carbons (Fsp3) is 0.375. The lowest BCUT2D eigenvalue weighted by molar-refractivity contribution is -0.147. The molecule has 2 rings (SSSR count). The minimum absolute atomic E-state index is 0.0242. The van der Waals surface area contributed by atoms with Crippen LogP contribution in [0.15, 0.2) is 24.3 Å². The summed E-state index contributed by atoms with van der Waals surface area (Å²) in [7, 11) is 0. The predicted molar refractivity (Wildman–Crippen MR) is 89.1 cm³/mol. The number of esters is 1. The molecular weight excluding hydrogens is 310 g/mol. The fourth-order valence-corrected chi connectivity index (χ4v) is 2.06. The van der Waals surface area contributed by atoms with Gasteiger partial charge in [0.05, 0.1) is 0 Å². The van der Waals surface area contributed by atoms with E-state index >= 15 is 0 Å². The van der Waals surface area contributed by atoms with Crippen LogP contribution in [0.5, 0.6) is 5.75 Å². The minimum atomic E-state index is -0.545. The number of rotatable bonds is 5. The Bertz CT molecular complexity index is 708. The molecule has 24 heavy (non-hydrogen) atoms. The Morgan fingerprint density at radius 1 is 1.08 bits per heavy atom. The highest BCUT2D eigenvalue weighted by molar-refractivity contribution is 5.71. The molecule has 0 saturated carbocycles. The second-order valence-corrected chi connectivity index (χ2v) is 6.16. The van der Waals surface area contributed by atoms with E-state index in [0.29, 0.717) is 5.75 Å². The topological polar surface area (TPSA) is 126 Å². The van der Waals surface area contributed by atoms with Gasteiger partial charge in [-0.2, -0.15) is 15.0 Å². The maximum absolute atomic E-state index is 11.8. The van der Waals surface area contributed by atoms with Crippen molar-refractivity contribution < 1.29 is 14.3 Å². The molecule has 0 bridgehead atoms. The molecule has 0 saturated heterocycles. The third-order valence-corrected chi connectivity index (χ3v) is 3.12. The van der Waals surface area contributed by atoms with Crippen molar-refractivity contribution in [3.8, 4) is 5.75 Å². The van der Waals surface area contributed by atoms with Crippen LogP contribution in [0.25, 0.3) is 0 Å². The molecule has 0 aliphatic heterocycles. The molecule has 0 aliphatic rings. The van der Waals surface area contributed by atoms with Crippen LogP contribution in [0, 0.1) is 0 Å². The van der Waals surface area contributed by atoms with Crippen molar-refractivity contribution in [2.75, 3.05) is 18.1 Å². The molecule has 1 heterocycles. The molecule has 128 valence electrons. The number of nitrogen functional groups attached to an aromatic ring is 2. The minimum Gasteiger partial charge on any atom is -0.482 e. The third kappa shape index (κ3) is 4.80. The smallest absolute Gasteiger partial charge is 0.344 e. The second kappa shape index (κ2) is 7.12. The van der Waals surface area contributed by atoms with E-state index in [0.717, 1.165) is 5.56 Å². The van der Waals surface area contributed by atoms with Gasteiger partial charge in [-0.15, -0.1) is 0 Å². The molecule has 1 aromatic heterocycles. The number of hydrogen-bond acceptors (Lipinski definition) is 8. The maximum Gasteiger partial charge on any atom is 0.344 e. The summed E-state index contributed by atoms with van der Waals surface area (Å²) < 4.78 is 10.6. The normalized spacial score (nSPS) is 11.1. The molecule has 0 atom stereocenters. The quantitative estimate of drug-likeness (QED) is 0.788. The molecule has 0 fully saturated rings. The van der Waals surface area contributed by atoms with E-state index in [1.165, 1.54) is 0 Å². The van der Waals surface area contributed by atoms with E-state index in [-0.39, 0.29) is 36.3 Å². The Kier molecular flexibility index (Phi) is 5.18. The first kappa shape index (κ1) is 17.5. The van der Waals surface area contributed by atoms with Gasteiger partial charge in [-0.1, -0.05) is 39.0 Å². The lowest BCUT2D eigenvalue weighted by Gasteiger charge is -2.22. The lowest BCUT2D eigenvalue weighted by atomic mass is 9.86. The van der Waals surface area contributed by atoms with Gasteiger partial charge in [-0.25, -0.2) is 4.79 Å². The Morgan fingerprint density at radius 3 is 2.33 bits per heavy atom. The molecule has 0 unspecified atom stereocenters. The highest BCUT2D eigenvalue weighted by Crippen LogP contribution is 2.30. The summed E-state index contributed by atoms with van der Waals surface area (Å²) in [5, 5.41) is 0. The van der Waals surface area contributed by atoms with Crippen LogP contribution >= 0.6 is 0 Å². The van der Waals surface area contributed by atoms with Gasteiger partial charge in [-0.3, -0.25) is 0 Å². The first-order valence-corrected chi connectivity index (χ1v) is 7.39. The van der Waals surface area contributed by atoms with Crippen LogP contribution in [-0.2, 0) is 21.6 Å². The number of carbonyl (C=O) groups excluding carboxylic acids is 1. The van der Waals surface area contributed by atoms with Gasteiger partial charge >= 0.3 is 5.97 Å². The average Bonchev–Trinajstić information content (AvgIpc) is 2.49. The van der Waals surface area contributed by atoms with Crippen molar-refractivity contribution in [3.05, 3.63) is 35.7 Å². The molecule has 0 radical (unpaired) electrons. The Morgan fingerprint density at radius 2 is 1.71 bits per heavy atom. The van der Waals surface area contributed by atoms with Crippen molar-refractivity contribution in [3.63, 3.8) is 0 Å². The summed E-state index contributed by atoms with van der Waals surface area (Å²) in [6.07, 6.45) is 0. The van der Waals surface area contributed by atoms with Gasteiger partial charge in [-0.05, 0) is 17.0 Å². The Labute approximate surface area is 140 Å². The Balaban J connectivity index is 1.92. The highest BCUT2D eigenvalue weighted by Gasteiger charge is 2.19. The van der Waals surface area contributed by atoms with Crippen molar-refractivity contribution in [1.82, 2.24) is 15.0 Å². The van der Waals surface area contributed by atoms with Gasteiger partial charge in [0.15, 0.2) is 19.0 Å². The standard InChI is InChI=1S/C16H21N5O3/c1-16(2,3)10-6-4-5-7-11(10)23-9-13(22)24-8-12-19-14(17)21-15(18)20-12/h4-7H,8-9H2,1-3H3,(H4,17,18,19,20,21). The zero-order chi connectivity index (χ0) is 17.7. The van der Waals surface area contributed by atoms with E-state index in [9.17, 15) is 4.79 Å². The lowest BCUT2D eigenvalue weighted by Crippen LogP contribution is -2.19. The summed E-state index contributed by atoms with van der Waals surface area (Å²) in [6, 6.07) is 7.58. The monoisotopic (exact) mass is 331 g/mol. The molecule has 8 heteroatoms.